The van der Waals surface area contributed by atoms with Gasteiger partial charge in [0.15, 0.2) is 11.4 Å². The van der Waals surface area contributed by atoms with E-state index in [0.717, 1.165) is 10.0 Å². The second-order valence-corrected chi connectivity index (χ2v) is 4.58. The van der Waals surface area contributed by atoms with Crippen LogP contribution in [-0.2, 0) is 7.05 Å². The number of nitrogens with zero attached hydrogens (tertiary/aromatic N) is 2. The van der Waals surface area contributed by atoms with E-state index in [-0.39, 0.29) is 11.4 Å². The van der Waals surface area contributed by atoms with Gasteiger partial charge in [0.25, 0.3) is 0 Å². The smallest absolute Gasteiger partial charge is 0.358 e. The van der Waals surface area contributed by atoms with Crippen molar-refractivity contribution in [1.29, 1.82) is 0 Å². The molecular formula is C12H11BrN2O3. The Kier molecular flexibility index (Phi) is 3.38. The molecule has 0 radical (unpaired) electrons. The number of rotatable bonds is 3. The predicted octanol–water partition coefficient (Wildman–Crippen LogP) is 2.56. The average molecular weight is 311 g/mol. The molecule has 0 amide bonds. The van der Waals surface area contributed by atoms with E-state index < -0.39 is 5.97 Å². The van der Waals surface area contributed by atoms with Crippen LogP contribution in [0.5, 0.6) is 5.75 Å². The SMILES string of the molecule is COc1c(-c2ccc(Br)cc2)nn(C)c1C(=O)O. The zero-order valence-electron chi connectivity index (χ0n) is 9.85. The Morgan fingerprint density at radius 1 is 1.39 bits per heavy atom. The minimum absolute atomic E-state index is 0.0374. The van der Waals surface area contributed by atoms with Crippen LogP contribution in [0.1, 0.15) is 10.5 Å². The highest BCUT2D eigenvalue weighted by Gasteiger charge is 2.23. The molecule has 0 spiro atoms. The van der Waals surface area contributed by atoms with E-state index in [9.17, 15) is 4.79 Å². The van der Waals surface area contributed by atoms with Gasteiger partial charge in [-0.15, -0.1) is 0 Å². The van der Waals surface area contributed by atoms with E-state index in [1.165, 1.54) is 11.8 Å². The second-order valence-electron chi connectivity index (χ2n) is 3.67. The summed E-state index contributed by atoms with van der Waals surface area (Å²) in [5, 5.41) is 13.3. The molecule has 5 nitrogen and oxygen atoms in total. The fourth-order valence-electron chi connectivity index (χ4n) is 1.73. The molecular weight excluding hydrogens is 300 g/mol. The maximum atomic E-state index is 11.2. The predicted molar refractivity (Wildman–Crippen MR) is 69.9 cm³/mol. The molecule has 1 heterocycles. The third kappa shape index (κ3) is 2.11. The largest absolute Gasteiger partial charge is 0.492 e. The third-order valence-electron chi connectivity index (χ3n) is 2.53. The topological polar surface area (TPSA) is 64.4 Å². The van der Waals surface area contributed by atoms with Crippen molar-refractivity contribution in [2.75, 3.05) is 7.11 Å². The maximum Gasteiger partial charge on any atom is 0.358 e. The van der Waals surface area contributed by atoms with E-state index in [4.69, 9.17) is 9.84 Å². The summed E-state index contributed by atoms with van der Waals surface area (Å²) in [6.45, 7) is 0. The van der Waals surface area contributed by atoms with Gasteiger partial charge in [0.2, 0.25) is 0 Å². The van der Waals surface area contributed by atoms with Crippen LogP contribution in [0, 0.1) is 0 Å². The lowest BCUT2D eigenvalue weighted by atomic mass is 10.1. The maximum absolute atomic E-state index is 11.2. The van der Waals surface area contributed by atoms with Gasteiger partial charge in [0.1, 0.15) is 5.69 Å². The number of hydrogen-bond acceptors (Lipinski definition) is 3. The van der Waals surface area contributed by atoms with Gasteiger partial charge in [-0.1, -0.05) is 28.1 Å². The summed E-state index contributed by atoms with van der Waals surface area (Å²) in [5.41, 5.74) is 1.36. The summed E-state index contributed by atoms with van der Waals surface area (Å²) in [6.07, 6.45) is 0. The van der Waals surface area contributed by atoms with Crippen molar-refractivity contribution in [3.63, 3.8) is 0 Å². The molecule has 94 valence electrons. The van der Waals surface area contributed by atoms with Crippen molar-refractivity contribution in [2.45, 2.75) is 0 Å². The standard InChI is InChI=1S/C12H11BrN2O3/c1-15-10(12(16)17)11(18-2)9(14-15)7-3-5-8(13)6-4-7/h3-6H,1-2H3,(H,16,17). The highest BCUT2D eigenvalue weighted by Crippen LogP contribution is 2.32. The normalized spacial score (nSPS) is 10.4. The Hall–Kier alpha value is -1.82. The van der Waals surface area contributed by atoms with Gasteiger partial charge >= 0.3 is 5.97 Å². The van der Waals surface area contributed by atoms with Crippen molar-refractivity contribution in [3.05, 3.63) is 34.4 Å². The number of aromatic nitrogens is 2. The molecule has 1 N–H and O–H groups in total. The Labute approximate surface area is 112 Å². The Morgan fingerprint density at radius 2 is 2.00 bits per heavy atom. The molecule has 0 unspecified atom stereocenters. The zero-order chi connectivity index (χ0) is 13.3. The van der Waals surface area contributed by atoms with Gasteiger partial charge in [-0.3, -0.25) is 4.68 Å². The molecule has 0 aliphatic heterocycles. The zero-order valence-corrected chi connectivity index (χ0v) is 11.4. The van der Waals surface area contributed by atoms with Crippen molar-refractivity contribution >= 4 is 21.9 Å². The molecule has 0 saturated carbocycles. The summed E-state index contributed by atoms with van der Waals surface area (Å²) in [5.74, 6) is -0.794. The first kappa shape index (κ1) is 12.6. The van der Waals surface area contributed by atoms with Crippen LogP contribution in [0.2, 0.25) is 0 Å². The first-order chi connectivity index (χ1) is 8.54. The van der Waals surface area contributed by atoms with E-state index in [1.54, 1.807) is 7.05 Å². The average Bonchev–Trinajstić information content (AvgIpc) is 2.67. The van der Waals surface area contributed by atoms with E-state index in [1.807, 2.05) is 24.3 Å². The highest BCUT2D eigenvalue weighted by molar-refractivity contribution is 9.10. The van der Waals surface area contributed by atoms with Gasteiger partial charge in [-0.25, -0.2) is 4.79 Å². The lowest BCUT2D eigenvalue weighted by Gasteiger charge is -2.02. The van der Waals surface area contributed by atoms with Crippen molar-refractivity contribution in [1.82, 2.24) is 9.78 Å². The lowest BCUT2D eigenvalue weighted by Crippen LogP contribution is -2.06. The fourth-order valence-corrected chi connectivity index (χ4v) is 1.99. The number of methoxy groups -OCH3 is 1. The molecule has 0 saturated heterocycles. The number of halogens is 1. The Balaban J connectivity index is 2.61. The monoisotopic (exact) mass is 310 g/mol. The first-order valence-electron chi connectivity index (χ1n) is 5.14. The van der Waals surface area contributed by atoms with Gasteiger partial charge in [-0.2, -0.15) is 5.10 Å². The number of hydrogen-bond donors (Lipinski definition) is 1. The van der Waals surface area contributed by atoms with E-state index >= 15 is 0 Å². The molecule has 1 aromatic heterocycles. The summed E-state index contributed by atoms with van der Waals surface area (Å²) in [7, 11) is 3.01. The Morgan fingerprint density at radius 3 is 2.50 bits per heavy atom. The summed E-state index contributed by atoms with van der Waals surface area (Å²) >= 11 is 3.35. The summed E-state index contributed by atoms with van der Waals surface area (Å²) in [4.78, 5) is 11.2. The van der Waals surface area contributed by atoms with Crippen LogP contribution in [0.4, 0.5) is 0 Å². The molecule has 0 aliphatic carbocycles. The summed E-state index contributed by atoms with van der Waals surface area (Å²) in [6, 6.07) is 7.43. The number of ether oxygens (including phenoxy) is 1. The minimum Gasteiger partial charge on any atom is -0.492 e. The van der Waals surface area contributed by atoms with Crippen LogP contribution in [0.3, 0.4) is 0 Å². The second kappa shape index (κ2) is 4.81. The lowest BCUT2D eigenvalue weighted by molar-refractivity contribution is 0.0681. The quantitative estimate of drug-likeness (QED) is 0.946. The highest BCUT2D eigenvalue weighted by atomic mass is 79.9. The number of carbonyl (C=O) groups is 1. The number of benzene rings is 1. The molecule has 2 aromatic rings. The van der Waals surface area contributed by atoms with E-state index in [2.05, 4.69) is 21.0 Å². The van der Waals surface area contributed by atoms with E-state index in [0.29, 0.717) is 5.69 Å². The van der Waals surface area contributed by atoms with Crippen molar-refractivity contribution in [3.8, 4) is 17.0 Å². The van der Waals surface area contributed by atoms with Gasteiger partial charge < -0.3 is 9.84 Å². The third-order valence-corrected chi connectivity index (χ3v) is 3.06. The van der Waals surface area contributed by atoms with Crippen LogP contribution < -0.4 is 4.74 Å². The molecule has 0 fully saturated rings. The number of carboxylic acid groups (broad SMARTS) is 1. The van der Waals surface area contributed by atoms with Crippen molar-refractivity contribution < 1.29 is 14.6 Å². The molecule has 6 heteroatoms. The van der Waals surface area contributed by atoms with Crippen LogP contribution in [-0.4, -0.2) is 28.0 Å². The molecule has 0 bridgehead atoms. The van der Waals surface area contributed by atoms with Gasteiger partial charge in [-0.05, 0) is 12.1 Å². The molecule has 0 atom stereocenters. The van der Waals surface area contributed by atoms with Crippen LogP contribution >= 0.6 is 15.9 Å². The van der Waals surface area contributed by atoms with Gasteiger partial charge in [0.05, 0.1) is 7.11 Å². The minimum atomic E-state index is -1.06. The molecule has 18 heavy (non-hydrogen) atoms. The number of aryl methyl sites for hydroxylation is 1. The van der Waals surface area contributed by atoms with Crippen LogP contribution in [0.15, 0.2) is 28.7 Å². The van der Waals surface area contributed by atoms with Crippen LogP contribution in [0.25, 0.3) is 11.3 Å². The number of aromatic carboxylic acids is 1. The van der Waals surface area contributed by atoms with Gasteiger partial charge in [0, 0.05) is 17.1 Å². The molecule has 1 aromatic carbocycles. The summed E-state index contributed by atoms with van der Waals surface area (Å²) < 4.78 is 7.42. The number of carboxylic acids is 1. The molecule has 2 rings (SSSR count). The first-order valence-corrected chi connectivity index (χ1v) is 5.94. The van der Waals surface area contributed by atoms with Crippen molar-refractivity contribution in [2.24, 2.45) is 7.05 Å². The fraction of sp³-hybridized carbons (Fsp3) is 0.167. The molecule has 0 aliphatic rings. The Bertz CT molecular complexity index is 590.